The van der Waals surface area contributed by atoms with Crippen molar-refractivity contribution in [3.63, 3.8) is 0 Å². The molecule has 0 fully saturated rings. The van der Waals surface area contributed by atoms with E-state index in [1.807, 2.05) is 39.0 Å². The molecular weight excluding hydrogens is 252 g/mol. The van der Waals surface area contributed by atoms with E-state index in [1.165, 1.54) is 5.56 Å². The molecule has 2 N–H and O–H groups in total. The highest BCUT2D eigenvalue weighted by Gasteiger charge is 2.26. The molecule has 1 atom stereocenters. The minimum Gasteiger partial charge on any atom is -0.375 e. The lowest BCUT2D eigenvalue weighted by molar-refractivity contribution is -0.118. The fraction of sp³-hybridized carbons (Fsp3) is 0.562. The maximum atomic E-state index is 12.2. The lowest BCUT2D eigenvalue weighted by Gasteiger charge is -2.27. The molecule has 20 heavy (non-hydrogen) atoms. The summed E-state index contributed by atoms with van der Waals surface area (Å²) in [5, 5.41) is 6.33. The summed E-state index contributed by atoms with van der Waals surface area (Å²) in [6.45, 7) is 7.39. The van der Waals surface area contributed by atoms with Crippen LogP contribution in [-0.4, -0.2) is 30.7 Å². The Morgan fingerprint density at radius 3 is 2.90 bits per heavy atom. The van der Waals surface area contributed by atoms with E-state index in [9.17, 15) is 4.79 Å². The number of fused-ring (bicyclic) bond motifs is 1. The molecule has 0 aromatic heterocycles. The molecule has 1 aromatic rings. The zero-order chi connectivity index (χ0) is 14.6. The van der Waals surface area contributed by atoms with Crippen LogP contribution in [0.4, 0.5) is 5.69 Å². The molecule has 1 heterocycles. The summed E-state index contributed by atoms with van der Waals surface area (Å²) in [5.74, 6) is 0.0437. The van der Waals surface area contributed by atoms with Crippen LogP contribution in [-0.2, 0) is 16.0 Å². The van der Waals surface area contributed by atoms with Crippen LogP contribution in [0.3, 0.4) is 0 Å². The van der Waals surface area contributed by atoms with Crippen LogP contribution in [0.15, 0.2) is 24.3 Å². The first-order valence-electron chi connectivity index (χ1n) is 7.28. The average molecular weight is 276 g/mol. The quantitative estimate of drug-likeness (QED) is 0.868. The van der Waals surface area contributed by atoms with Crippen molar-refractivity contribution in [3.05, 3.63) is 29.8 Å². The predicted octanol–water partition coefficient (Wildman–Crippen LogP) is 2.34. The summed E-state index contributed by atoms with van der Waals surface area (Å²) in [5.41, 5.74) is 1.88. The van der Waals surface area contributed by atoms with E-state index in [0.717, 1.165) is 18.5 Å². The van der Waals surface area contributed by atoms with Gasteiger partial charge in [0.05, 0.1) is 11.6 Å². The number of aryl methyl sites for hydroxylation is 1. The maximum Gasteiger partial charge on any atom is 0.241 e. The number of rotatable bonds is 5. The van der Waals surface area contributed by atoms with Crippen molar-refractivity contribution in [3.8, 4) is 0 Å². The molecule has 1 aromatic carbocycles. The number of hydrogen-bond donors (Lipinski definition) is 2. The van der Waals surface area contributed by atoms with Gasteiger partial charge in [-0.1, -0.05) is 18.2 Å². The smallest absolute Gasteiger partial charge is 0.241 e. The van der Waals surface area contributed by atoms with E-state index in [1.54, 1.807) is 0 Å². The second kappa shape index (κ2) is 6.37. The summed E-state index contributed by atoms with van der Waals surface area (Å²) in [7, 11) is 0. The number of benzene rings is 1. The number of carbonyl (C=O) groups is 1. The fourth-order valence-electron chi connectivity index (χ4n) is 2.52. The van der Waals surface area contributed by atoms with E-state index < -0.39 is 0 Å². The summed E-state index contributed by atoms with van der Waals surface area (Å²) in [6.07, 6.45) is 1.71. The Hall–Kier alpha value is -1.39. The number of nitrogens with one attached hydrogen (secondary N) is 2. The standard InChI is InChI=1S/C16H24N2O2/c1-4-20-16(2,3)11-17-14-10-9-12-7-5-6-8-13(12)18-15(14)19/h5-8,14,17H,4,9-11H2,1-3H3,(H,18,19). The van der Waals surface area contributed by atoms with Crippen LogP contribution in [0.25, 0.3) is 0 Å². The van der Waals surface area contributed by atoms with Gasteiger partial charge in [-0.05, 0) is 45.2 Å². The van der Waals surface area contributed by atoms with E-state index in [-0.39, 0.29) is 17.6 Å². The monoisotopic (exact) mass is 276 g/mol. The number of carbonyl (C=O) groups excluding carboxylic acids is 1. The van der Waals surface area contributed by atoms with Crippen molar-refractivity contribution < 1.29 is 9.53 Å². The van der Waals surface area contributed by atoms with Crippen LogP contribution in [0.5, 0.6) is 0 Å². The molecule has 1 aliphatic heterocycles. The third-order valence-corrected chi connectivity index (χ3v) is 3.60. The van der Waals surface area contributed by atoms with Crippen LogP contribution in [0, 0.1) is 0 Å². The minimum absolute atomic E-state index is 0.0437. The van der Waals surface area contributed by atoms with E-state index in [4.69, 9.17) is 4.74 Å². The highest BCUT2D eigenvalue weighted by molar-refractivity contribution is 5.96. The topological polar surface area (TPSA) is 50.4 Å². The molecule has 1 amide bonds. The lowest BCUT2D eigenvalue weighted by Crippen LogP contribution is -2.47. The predicted molar refractivity (Wildman–Crippen MR) is 80.9 cm³/mol. The normalized spacial score (nSPS) is 19.1. The zero-order valence-electron chi connectivity index (χ0n) is 12.5. The second-order valence-corrected chi connectivity index (χ2v) is 5.81. The number of ether oxygens (including phenoxy) is 1. The maximum absolute atomic E-state index is 12.2. The first-order chi connectivity index (χ1) is 9.52. The minimum atomic E-state index is -0.256. The number of para-hydroxylation sites is 1. The van der Waals surface area contributed by atoms with Crippen molar-refractivity contribution >= 4 is 11.6 Å². The molecule has 0 saturated heterocycles. The Bertz CT molecular complexity index is 471. The van der Waals surface area contributed by atoms with E-state index in [2.05, 4.69) is 16.7 Å². The van der Waals surface area contributed by atoms with Gasteiger partial charge in [-0.15, -0.1) is 0 Å². The molecule has 4 nitrogen and oxygen atoms in total. The summed E-state index contributed by atoms with van der Waals surface area (Å²) in [4.78, 5) is 12.2. The largest absolute Gasteiger partial charge is 0.375 e. The van der Waals surface area contributed by atoms with Gasteiger partial charge in [-0.2, -0.15) is 0 Å². The van der Waals surface area contributed by atoms with Gasteiger partial charge >= 0.3 is 0 Å². The fourth-order valence-corrected chi connectivity index (χ4v) is 2.52. The van der Waals surface area contributed by atoms with E-state index in [0.29, 0.717) is 13.2 Å². The third kappa shape index (κ3) is 3.81. The first kappa shape index (κ1) is 15.0. The summed E-state index contributed by atoms with van der Waals surface area (Å²) >= 11 is 0. The van der Waals surface area contributed by atoms with Crippen LogP contribution in [0.1, 0.15) is 32.8 Å². The molecule has 0 aliphatic carbocycles. The second-order valence-electron chi connectivity index (χ2n) is 5.81. The van der Waals surface area contributed by atoms with E-state index >= 15 is 0 Å². The molecule has 110 valence electrons. The zero-order valence-corrected chi connectivity index (χ0v) is 12.5. The number of hydrogen-bond acceptors (Lipinski definition) is 3. The molecular formula is C16H24N2O2. The Balaban J connectivity index is 1.97. The summed E-state index contributed by atoms with van der Waals surface area (Å²) < 4.78 is 5.65. The SMILES string of the molecule is CCOC(C)(C)CNC1CCc2ccccc2NC1=O. The van der Waals surface area contributed by atoms with Crippen LogP contribution in [0.2, 0.25) is 0 Å². The number of amides is 1. The van der Waals surface area contributed by atoms with Gasteiger partial charge in [0.15, 0.2) is 0 Å². The van der Waals surface area contributed by atoms with Gasteiger partial charge in [-0.25, -0.2) is 0 Å². The molecule has 0 bridgehead atoms. The van der Waals surface area contributed by atoms with Crippen molar-refractivity contribution in [1.29, 1.82) is 0 Å². The van der Waals surface area contributed by atoms with Gasteiger partial charge in [0, 0.05) is 18.8 Å². The van der Waals surface area contributed by atoms with Crippen molar-refractivity contribution in [2.45, 2.75) is 45.3 Å². The lowest BCUT2D eigenvalue weighted by atomic mass is 10.0. The van der Waals surface area contributed by atoms with Gasteiger partial charge < -0.3 is 15.4 Å². The first-order valence-corrected chi connectivity index (χ1v) is 7.28. The third-order valence-electron chi connectivity index (χ3n) is 3.60. The molecule has 0 spiro atoms. The number of anilines is 1. The highest BCUT2D eigenvalue weighted by atomic mass is 16.5. The van der Waals surface area contributed by atoms with Crippen LogP contribution < -0.4 is 10.6 Å². The van der Waals surface area contributed by atoms with Gasteiger partial charge in [0.25, 0.3) is 0 Å². The van der Waals surface area contributed by atoms with Gasteiger partial charge in [0.1, 0.15) is 0 Å². The molecule has 1 unspecified atom stereocenters. The average Bonchev–Trinajstić information content (AvgIpc) is 2.55. The van der Waals surface area contributed by atoms with Gasteiger partial charge in [0.2, 0.25) is 5.91 Å². The highest BCUT2D eigenvalue weighted by Crippen LogP contribution is 2.21. The van der Waals surface area contributed by atoms with Gasteiger partial charge in [-0.3, -0.25) is 4.79 Å². The molecule has 0 saturated carbocycles. The van der Waals surface area contributed by atoms with Crippen molar-refractivity contribution in [2.24, 2.45) is 0 Å². The molecule has 0 radical (unpaired) electrons. The Morgan fingerprint density at radius 1 is 1.40 bits per heavy atom. The van der Waals surface area contributed by atoms with Crippen molar-refractivity contribution in [1.82, 2.24) is 5.32 Å². The Kier molecular flexibility index (Phi) is 4.78. The van der Waals surface area contributed by atoms with Crippen molar-refractivity contribution in [2.75, 3.05) is 18.5 Å². The molecule has 2 rings (SSSR count). The molecule has 4 heteroatoms. The molecule has 1 aliphatic rings. The summed E-state index contributed by atoms with van der Waals surface area (Å²) in [6, 6.07) is 7.83. The van der Waals surface area contributed by atoms with Crippen LogP contribution >= 0.6 is 0 Å². The Morgan fingerprint density at radius 2 is 2.15 bits per heavy atom. The Labute approximate surface area is 120 Å².